The first-order valence-electron chi connectivity index (χ1n) is 8.44. The smallest absolute Gasteiger partial charge is 0.419 e. The van der Waals surface area contributed by atoms with Crippen molar-refractivity contribution >= 4 is 33.4 Å². The van der Waals surface area contributed by atoms with Crippen molar-refractivity contribution in [3.63, 3.8) is 0 Å². The molecular formula is C19H16F3N3O3S. The number of thiazole rings is 1. The van der Waals surface area contributed by atoms with E-state index in [2.05, 4.69) is 15.8 Å². The van der Waals surface area contributed by atoms with Crippen molar-refractivity contribution in [2.24, 2.45) is 0 Å². The zero-order valence-corrected chi connectivity index (χ0v) is 16.0. The summed E-state index contributed by atoms with van der Waals surface area (Å²) in [5.41, 5.74) is 6.77. The number of alkyl halides is 3. The fraction of sp³-hybridized carbons (Fsp3) is 0.211. The Balaban J connectivity index is 1.55. The Bertz CT molecular complexity index is 1050. The van der Waals surface area contributed by atoms with E-state index >= 15 is 0 Å². The number of hydrazine groups is 1. The molecule has 0 saturated carbocycles. The van der Waals surface area contributed by atoms with Gasteiger partial charge >= 0.3 is 6.18 Å². The number of aromatic nitrogens is 1. The lowest BCUT2D eigenvalue weighted by atomic mass is 10.0. The van der Waals surface area contributed by atoms with E-state index in [1.807, 2.05) is 0 Å². The first-order valence-corrected chi connectivity index (χ1v) is 9.32. The minimum absolute atomic E-state index is 0.0710. The molecule has 152 valence electrons. The van der Waals surface area contributed by atoms with Gasteiger partial charge in [0.25, 0.3) is 5.91 Å². The number of aryl methyl sites for hydroxylation is 1. The number of nitrogens with zero attached hydrogens (tertiary/aromatic N) is 1. The second-order valence-corrected chi connectivity index (χ2v) is 6.96. The quantitative estimate of drug-likeness (QED) is 0.613. The third-order valence-electron chi connectivity index (χ3n) is 4.12. The van der Waals surface area contributed by atoms with Gasteiger partial charge in [-0.05, 0) is 42.3 Å². The number of methoxy groups -OCH3 is 1. The molecule has 0 radical (unpaired) electrons. The number of carbonyl (C=O) groups excluding carboxylic acids is 2. The Morgan fingerprint density at radius 3 is 2.66 bits per heavy atom. The Hall–Kier alpha value is -3.14. The maximum atomic E-state index is 13.1. The van der Waals surface area contributed by atoms with Gasteiger partial charge in [-0.3, -0.25) is 20.4 Å². The lowest BCUT2D eigenvalue weighted by Gasteiger charge is -2.13. The number of hydrogen-bond donors (Lipinski definition) is 2. The molecule has 3 aromatic rings. The molecule has 0 aliphatic carbocycles. The van der Waals surface area contributed by atoms with Crippen LogP contribution in [0.15, 0.2) is 41.9 Å². The molecule has 0 bridgehead atoms. The van der Waals surface area contributed by atoms with E-state index < -0.39 is 23.6 Å². The highest BCUT2D eigenvalue weighted by molar-refractivity contribution is 7.16. The van der Waals surface area contributed by atoms with Gasteiger partial charge in [-0.25, -0.2) is 4.98 Å². The molecule has 10 heteroatoms. The summed E-state index contributed by atoms with van der Waals surface area (Å²) >= 11 is 1.39. The number of nitrogens with one attached hydrogen (secondary N) is 2. The van der Waals surface area contributed by atoms with Crippen molar-refractivity contribution in [2.45, 2.75) is 19.0 Å². The van der Waals surface area contributed by atoms with Crippen LogP contribution >= 0.6 is 11.3 Å². The third kappa shape index (κ3) is 5.02. The van der Waals surface area contributed by atoms with Crippen LogP contribution in [0.1, 0.15) is 27.9 Å². The van der Waals surface area contributed by atoms with E-state index in [9.17, 15) is 22.8 Å². The average molecular weight is 423 g/mol. The standard InChI is InChI=1S/C19H16F3N3O3S/c1-28-15-6-2-11(8-13(15)19(20,21)22)3-7-17(26)24-25-18(27)12-4-5-14-16(9-12)29-10-23-14/h2,4-6,8-10H,3,7H2,1H3,(H,24,26)(H,25,27). The molecule has 3 rings (SSSR count). The number of benzene rings is 2. The zero-order chi connectivity index (χ0) is 21.0. The highest BCUT2D eigenvalue weighted by atomic mass is 32.1. The molecule has 0 aliphatic heterocycles. The van der Waals surface area contributed by atoms with Gasteiger partial charge in [0, 0.05) is 12.0 Å². The number of halogens is 3. The van der Waals surface area contributed by atoms with Crippen molar-refractivity contribution in [3.8, 4) is 5.75 Å². The van der Waals surface area contributed by atoms with Crippen LogP contribution in [0.3, 0.4) is 0 Å². The lowest BCUT2D eigenvalue weighted by Crippen LogP contribution is -2.41. The SMILES string of the molecule is COc1ccc(CCC(=O)NNC(=O)c2ccc3ncsc3c2)cc1C(F)(F)F. The number of rotatable bonds is 5. The van der Waals surface area contributed by atoms with Gasteiger partial charge in [-0.15, -0.1) is 11.3 Å². The van der Waals surface area contributed by atoms with E-state index in [1.54, 1.807) is 23.7 Å². The molecule has 1 aromatic heterocycles. The van der Waals surface area contributed by atoms with Crippen molar-refractivity contribution in [2.75, 3.05) is 7.11 Å². The van der Waals surface area contributed by atoms with Gasteiger partial charge in [0.15, 0.2) is 0 Å². The minimum atomic E-state index is -4.56. The molecule has 0 aliphatic rings. The summed E-state index contributed by atoms with van der Waals surface area (Å²) in [4.78, 5) is 28.2. The number of amides is 2. The fourth-order valence-electron chi connectivity index (χ4n) is 2.65. The molecule has 6 nitrogen and oxygen atoms in total. The first-order chi connectivity index (χ1) is 13.8. The molecular weight excluding hydrogens is 407 g/mol. The van der Waals surface area contributed by atoms with Crippen LogP contribution < -0.4 is 15.6 Å². The number of ether oxygens (including phenoxy) is 1. The maximum absolute atomic E-state index is 13.1. The Kier molecular flexibility index (Phi) is 6.02. The second-order valence-electron chi connectivity index (χ2n) is 6.07. The minimum Gasteiger partial charge on any atom is -0.496 e. The molecule has 0 spiro atoms. The number of carbonyl (C=O) groups is 2. The maximum Gasteiger partial charge on any atom is 0.419 e. The zero-order valence-electron chi connectivity index (χ0n) is 15.2. The van der Waals surface area contributed by atoms with Crippen molar-refractivity contribution in [1.29, 1.82) is 0 Å². The van der Waals surface area contributed by atoms with Crippen LogP contribution in [0.25, 0.3) is 10.2 Å². The highest BCUT2D eigenvalue weighted by Gasteiger charge is 2.34. The summed E-state index contributed by atoms with van der Waals surface area (Å²) < 4.78 is 44.7. The molecule has 2 amide bonds. The third-order valence-corrected chi connectivity index (χ3v) is 4.91. The van der Waals surface area contributed by atoms with Crippen LogP contribution in [0, 0.1) is 0 Å². The van der Waals surface area contributed by atoms with E-state index in [-0.39, 0.29) is 18.6 Å². The monoisotopic (exact) mass is 423 g/mol. The second kappa shape index (κ2) is 8.48. The average Bonchev–Trinajstić information content (AvgIpc) is 3.17. The first kappa shape index (κ1) is 20.6. The summed E-state index contributed by atoms with van der Waals surface area (Å²) in [5.74, 6) is -1.31. The molecule has 2 N–H and O–H groups in total. The molecule has 0 unspecified atom stereocenters. The van der Waals surface area contributed by atoms with Crippen LogP contribution in [0.2, 0.25) is 0 Å². The van der Waals surface area contributed by atoms with E-state index in [0.717, 1.165) is 23.4 Å². The van der Waals surface area contributed by atoms with Crippen molar-refractivity contribution < 1.29 is 27.5 Å². The number of hydrogen-bond acceptors (Lipinski definition) is 5. The fourth-order valence-corrected chi connectivity index (χ4v) is 3.36. The molecule has 2 aromatic carbocycles. The lowest BCUT2D eigenvalue weighted by molar-refractivity contribution is -0.138. The summed E-state index contributed by atoms with van der Waals surface area (Å²) in [6, 6.07) is 8.57. The number of fused-ring (bicyclic) bond motifs is 1. The van der Waals surface area contributed by atoms with Gasteiger partial charge in [-0.2, -0.15) is 13.2 Å². The molecule has 1 heterocycles. The Morgan fingerprint density at radius 1 is 1.14 bits per heavy atom. The predicted molar refractivity (Wildman–Crippen MR) is 102 cm³/mol. The Morgan fingerprint density at radius 2 is 1.93 bits per heavy atom. The van der Waals surface area contributed by atoms with Crippen LogP contribution in [-0.4, -0.2) is 23.9 Å². The Labute approximate surface area is 167 Å². The summed E-state index contributed by atoms with van der Waals surface area (Å²) in [5, 5.41) is 0. The van der Waals surface area contributed by atoms with Gasteiger partial charge in [0.2, 0.25) is 5.91 Å². The van der Waals surface area contributed by atoms with E-state index in [4.69, 9.17) is 4.74 Å². The van der Waals surface area contributed by atoms with E-state index in [1.165, 1.54) is 23.5 Å². The van der Waals surface area contributed by atoms with Crippen LogP contribution in [0.4, 0.5) is 13.2 Å². The predicted octanol–water partition coefficient (Wildman–Crippen LogP) is 3.72. The highest BCUT2D eigenvalue weighted by Crippen LogP contribution is 2.36. The summed E-state index contributed by atoms with van der Waals surface area (Å²) in [6.07, 6.45) is -4.59. The van der Waals surface area contributed by atoms with Gasteiger partial charge in [0.1, 0.15) is 5.75 Å². The topological polar surface area (TPSA) is 80.3 Å². The van der Waals surface area contributed by atoms with Gasteiger partial charge in [-0.1, -0.05) is 6.07 Å². The summed E-state index contributed by atoms with van der Waals surface area (Å²) in [7, 11) is 1.16. The molecule has 0 fully saturated rings. The van der Waals surface area contributed by atoms with Gasteiger partial charge < -0.3 is 4.74 Å². The molecule has 29 heavy (non-hydrogen) atoms. The largest absolute Gasteiger partial charge is 0.496 e. The summed E-state index contributed by atoms with van der Waals surface area (Å²) in [6.45, 7) is 0. The normalized spacial score (nSPS) is 11.3. The van der Waals surface area contributed by atoms with E-state index in [0.29, 0.717) is 11.1 Å². The molecule has 0 atom stereocenters. The molecule has 0 saturated heterocycles. The van der Waals surface area contributed by atoms with Crippen molar-refractivity contribution in [1.82, 2.24) is 15.8 Å². The van der Waals surface area contributed by atoms with Crippen LogP contribution in [-0.2, 0) is 17.4 Å². The van der Waals surface area contributed by atoms with Crippen LogP contribution in [0.5, 0.6) is 5.75 Å². The van der Waals surface area contributed by atoms with Gasteiger partial charge in [0.05, 0.1) is 28.4 Å². The van der Waals surface area contributed by atoms with Crippen molar-refractivity contribution in [3.05, 3.63) is 58.6 Å².